The third-order valence-corrected chi connectivity index (χ3v) is 4.95. The average Bonchev–Trinajstić information content (AvgIpc) is 2.51. The van der Waals surface area contributed by atoms with E-state index in [4.69, 9.17) is 18.9 Å². The van der Waals surface area contributed by atoms with Gasteiger partial charge in [0.15, 0.2) is 23.1 Å². The van der Waals surface area contributed by atoms with Crippen molar-refractivity contribution in [2.75, 3.05) is 0 Å². The minimum atomic E-state index is -1.27. The fourth-order valence-corrected chi connectivity index (χ4v) is 3.90. The average molecular weight is 433 g/mol. The third-order valence-electron chi connectivity index (χ3n) is 3.65. The highest BCUT2D eigenvalue weighted by molar-refractivity contribution is 8.00. The molecule has 5 atom stereocenters. The molecule has 0 radical (unpaired) electrons. The molecule has 0 bridgehead atoms. The first-order chi connectivity index (χ1) is 13.2. The monoisotopic (exact) mass is 433 g/mol. The summed E-state index contributed by atoms with van der Waals surface area (Å²) in [7, 11) is 0. The van der Waals surface area contributed by atoms with Crippen molar-refractivity contribution in [1.82, 2.24) is 5.32 Å². The van der Waals surface area contributed by atoms with Crippen molar-refractivity contribution in [2.45, 2.75) is 77.6 Å². The van der Waals surface area contributed by atoms with Gasteiger partial charge in [0.1, 0.15) is 6.04 Å². The molecule has 1 aliphatic rings. The van der Waals surface area contributed by atoms with Crippen molar-refractivity contribution < 1.29 is 42.9 Å². The van der Waals surface area contributed by atoms with E-state index in [-0.39, 0.29) is 0 Å². The second-order valence-corrected chi connectivity index (χ2v) is 8.69. The van der Waals surface area contributed by atoms with Gasteiger partial charge in [-0.2, -0.15) is 0 Å². The van der Waals surface area contributed by atoms with Crippen molar-refractivity contribution in [2.24, 2.45) is 5.41 Å². The Kier molecular flexibility index (Phi) is 8.49. The number of hydrogen-bond donors (Lipinski definition) is 1. The number of esters is 4. The predicted molar refractivity (Wildman–Crippen MR) is 101 cm³/mol. The number of carbonyl (C=O) groups is 5. The lowest BCUT2D eigenvalue weighted by Crippen LogP contribution is -2.64. The lowest BCUT2D eigenvalue weighted by atomic mass is 9.94. The molecule has 10 nitrogen and oxygen atoms in total. The van der Waals surface area contributed by atoms with Crippen LogP contribution in [0.5, 0.6) is 0 Å². The zero-order chi connectivity index (χ0) is 22.5. The normalized spacial score (nSPS) is 26.7. The molecular formula is C18H27NO9S. The summed E-state index contributed by atoms with van der Waals surface area (Å²) < 4.78 is 21.1. The standard InChI is InChI=1S/C18H27NO9S/c1-8(20)25-13-12(19-17(24)18(5,6)7)15(27-10(3)22)29-16(28-11(4)23)14(13)26-9(2)21/h12-16H,1-7H3,(H,19,24)/t12-,13-,14+,15?,16+/m1/s1. The second kappa shape index (κ2) is 9.95. The lowest BCUT2D eigenvalue weighted by molar-refractivity contribution is -0.184. The van der Waals surface area contributed by atoms with Crippen LogP contribution in [0.15, 0.2) is 0 Å². The Morgan fingerprint density at radius 2 is 1.10 bits per heavy atom. The zero-order valence-corrected chi connectivity index (χ0v) is 18.3. The van der Waals surface area contributed by atoms with Gasteiger partial charge in [-0.1, -0.05) is 32.5 Å². The van der Waals surface area contributed by atoms with Crippen molar-refractivity contribution in [3.63, 3.8) is 0 Å². The third kappa shape index (κ3) is 7.56. The maximum absolute atomic E-state index is 12.6. The molecular weight excluding hydrogens is 406 g/mol. The summed E-state index contributed by atoms with van der Waals surface area (Å²) in [5, 5.41) is 2.70. The molecule has 1 heterocycles. The zero-order valence-electron chi connectivity index (χ0n) is 17.5. The Morgan fingerprint density at radius 3 is 1.52 bits per heavy atom. The topological polar surface area (TPSA) is 134 Å². The Hall–Kier alpha value is -2.30. The number of rotatable bonds is 5. The van der Waals surface area contributed by atoms with Gasteiger partial charge in [-0.3, -0.25) is 24.0 Å². The number of hydrogen-bond acceptors (Lipinski definition) is 10. The molecule has 0 spiro atoms. The summed E-state index contributed by atoms with van der Waals surface area (Å²) in [5.41, 5.74) is -3.01. The van der Waals surface area contributed by atoms with Crippen molar-refractivity contribution in [3.05, 3.63) is 0 Å². The molecule has 29 heavy (non-hydrogen) atoms. The molecule has 0 aromatic carbocycles. The molecule has 0 aliphatic carbocycles. The molecule has 164 valence electrons. The smallest absolute Gasteiger partial charge is 0.303 e. The van der Waals surface area contributed by atoms with E-state index in [2.05, 4.69) is 5.32 Å². The molecule has 1 fully saturated rings. The molecule has 1 N–H and O–H groups in total. The van der Waals surface area contributed by atoms with Crippen LogP contribution in [-0.2, 0) is 42.9 Å². The van der Waals surface area contributed by atoms with Gasteiger partial charge in [0.2, 0.25) is 5.91 Å². The molecule has 0 aromatic heterocycles. The van der Waals surface area contributed by atoms with E-state index in [1.807, 2.05) is 0 Å². The first kappa shape index (κ1) is 24.7. The Morgan fingerprint density at radius 1 is 0.690 bits per heavy atom. The van der Waals surface area contributed by atoms with Gasteiger partial charge < -0.3 is 24.3 Å². The van der Waals surface area contributed by atoms with Gasteiger partial charge in [0, 0.05) is 33.1 Å². The van der Waals surface area contributed by atoms with Gasteiger partial charge >= 0.3 is 23.9 Å². The lowest BCUT2D eigenvalue weighted by Gasteiger charge is -2.44. The number of carbonyl (C=O) groups excluding carboxylic acids is 5. The molecule has 1 aliphatic heterocycles. The summed E-state index contributed by atoms with van der Waals surface area (Å²) in [5.74, 6) is -3.19. The number of nitrogens with one attached hydrogen (secondary N) is 1. The minimum absolute atomic E-state index is 0.412. The van der Waals surface area contributed by atoms with Crippen LogP contribution in [-0.4, -0.2) is 58.9 Å². The molecule has 1 rings (SSSR count). The van der Waals surface area contributed by atoms with Crippen molar-refractivity contribution in [1.29, 1.82) is 0 Å². The highest BCUT2D eigenvalue weighted by atomic mass is 32.2. The first-order valence-electron chi connectivity index (χ1n) is 8.87. The number of thioether (sulfide) groups is 1. The summed E-state index contributed by atoms with van der Waals surface area (Å²) in [6.45, 7) is 9.61. The van der Waals surface area contributed by atoms with E-state index in [1.165, 1.54) is 6.92 Å². The quantitative estimate of drug-likeness (QED) is 0.492. The minimum Gasteiger partial charge on any atom is -0.456 e. The van der Waals surface area contributed by atoms with Gasteiger partial charge in [-0.15, -0.1) is 0 Å². The number of amides is 1. The van der Waals surface area contributed by atoms with E-state index in [9.17, 15) is 24.0 Å². The van der Waals surface area contributed by atoms with Crippen LogP contribution in [0.3, 0.4) is 0 Å². The van der Waals surface area contributed by atoms with E-state index >= 15 is 0 Å². The highest BCUT2D eigenvalue weighted by Gasteiger charge is 2.53. The molecule has 0 aromatic rings. The Balaban J connectivity index is 3.41. The SMILES string of the molecule is CC(=O)OC1S[C@H](OC(C)=O)[C@@H](OC(C)=O)[C@H](OC(C)=O)[C@H]1NC(=O)C(C)(C)C. The van der Waals surface area contributed by atoms with Gasteiger partial charge in [-0.25, -0.2) is 0 Å². The van der Waals surface area contributed by atoms with Gasteiger partial charge in [-0.05, 0) is 0 Å². The molecule has 1 amide bonds. The van der Waals surface area contributed by atoms with Crippen LogP contribution in [0.4, 0.5) is 0 Å². The van der Waals surface area contributed by atoms with Crippen LogP contribution in [0.1, 0.15) is 48.5 Å². The van der Waals surface area contributed by atoms with E-state index < -0.39 is 64.3 Å². The molecule has 11 heteroatoms. The summed E-state index contributed by atoms with van der Waals surface area (Å²) in [4.78, 5) is 59.1. The summed E-state index contributed by atoms with van der Waals surface area (Å²) in [6, 6.07) is -1.06. The fourth-order valence-electron chi connectivity index (χ4n) is 2.50. The van der Waals surface area contributed by atoms with Crippen molar-refractivity contribution >= 4 is 41.5 Å². The summed E-state index contributed by atoms with van der Waals surface area (Å²) >= 11 is 0.860. The largest absolute Gasteiger partial charge is 0.456 e. The van der Waals surface area contributed by atoms with Crippen LogP contribution >= 0.6 is 11.8 Å². The van der Waals surface area contributed by atoms with Crippen LogP contribution < -0.4 is 5.32 Å². The van der Waals surface area contributed by atoms with E-state index in [1.54, 1.807) is 20.8 Å². The maximum atomic E-state index is 12.6. The van der Waals surface area contributed by atoms with Crippen LogP contribution in [0.2, 0.25) is 0 Å². The number of ether oxygens (including phenoxy) is 4. The highest BCUT2D eigenvalue weighted by Crippen LogP contribution is 2.38. The fraction of sp³-hybridized carbons (Fsp3) is 0.722. The first-order valence-corrected chi connectivity index (χ1v) is 9.82. The van der Waals surface area contributed by atoms with Gasteiger partial charge in [0.25, 0.3) is 0 Å². The molecule has 1 unspecified atom stereocenters. The van der Waals surface area contributed by atoms with Crippen LogP contribution in [0.25, 0.3) is 0 Å². The van der Waals surface area contributed by atoms with Crippen LogP contribution in [0, 0.1) is 5.41 Å². The maximum Gasteiger partial charge on any atom is 0.303 e. The predicted octanol–water partition coefficient (Wildman–Crippen LogP) is 0.906. The Bertz CT molecular complexity index is 673. The summed E-state index contributed by atoms with van der Waals surface area (Å²) in [6.07, 6.45) is -2.50. The van der Waals surface area contributed by atoms with Gasteiger partial charge in [0.05, 0.1) is 0 Å². The Labute approximate surface area is 173 Å². The van der Waals surface area contributed by atoms with E-state index in [0.29, 0.717) is 0 Å². The van der Waals surface area contributed by atoms with Crippen molar-refractivity contribution in [3.8, 4) is 0 Å². The molecule has 0 saturated carbocycles. The second-order valence-electron chi connectivity index (χ2n) is 7.49. The van der Waals surface area contributed by atoms with E-state index in [0.717, 1.165) is 32.5 Å². The molecule has 1 saturated heterocycles.